The van der Waals surface area contributed by atoms with Gasteiger partial charge in [0.2, 0.25) is 0 Å². The number of esters is 2. The number of rotatable bonds is 35. The van der Waals surface area contributed by atoms with E-state index in [1.54, 1.807) is 0 Å². The summed E-state index contributed by atoms with van der Waals surface area (Å²) in [6, 6.07) is 0. The highest BCUT2D eigenvalue weighted by atomic mass is 31.2. The van der Waals surface area contributed by atoms with Crippen molar-refractivity contribution in [2.45, 2.75) is 185 Å². The molecule has 0 radical (unpaired) electrons. The first kappa shape index (κ1) is 57.0. The van der Waals surface area contributed by atoms with E-state index in [0.717, 1.165) is 89.9 Å². The van der Waals surface area contributed by atoms with Crippen molar-refractivity contribution in [1.29, 1.82) is 0 Å². The Labute approximate surface area is 370 Å². The van der Waals surface area contributed by atoms with E-state index in [4.69, 9.17) is 18.5 Å². The van der Waals surface area contributed by atoms with E-state index in [-0.39, 0.29) is 18.9 Å². The van der Waals surface area contributed by atoms with Gasteiger partial charge in [-0.3, -0.25) is 18.6 Å². The Morgan fingerprint density at radius 2 is 1.06 bits per heavy atom. The molecule has 0 bridgehead atoms. The third-order valence-corrected chi connectivity index (χ3v) is 10.8. The predicted octanol–water partition coefficient (Wildman–Crippen LogP) is 7.47. The number of allylic oxidation sites excluding steroid dienone is 13. The number of aliphatic hydroxyl groups is 6. The molecular formula is C47H77O14P. The SMILES string of the molecule is CC/C=C\C/C=C\C/C=C\CCCCCCCC(=O)O[C@H](COC(=O)CCC/C=C\C/C=C\C/C=C\C/C=C\[C@@H](O)CCCC)COP(=O)(O)OC1[C@H](O)[C@H](O)C(O)[C@H](O)[C@H]1O. The van der Waals surface area contributed by atoms with Gasteiger partial charge in [-0.05, 0) is 77.0 Å². The minimum Gasteiger partial charge on any atom is -0.462 e. The third kappa shape index (κ3) is 28.6. The molecule has 0 spiro atoms. The second kappa shape index (κ2) is 36.3. The van der Waals surface area contributed by atoms with Gasteiger partial charge in [-0.15, -0.1) is 0 Å². The van der Waals surface area contributed by atoms with Crippen molar-refractivity contribution in [2.75, 3.05) is 13.2 Å². The van der Waals surface area contributed by atoms with Crippen LogP contribution in [-0.2, 0) is 32.7 Å². The van der Waals surface area contributed by atoms with Gasteiger partial charge in [0.1, 0.15) is 43.2 Å². The molecule has 0 heterocycles. The van der Waals surface area contributed by atoms with Crippen LogP contribution in [0.4, 0.5) is 0 Å². The summed E-state index contributed by atoms with van der Waals surface area (Å²) in [5.41, 5.74) is 0. The molecule has 0 aromatic carbocycles. The first-order chi connectivity index (χ1) is 29.8. The number of phosphoric ester groups is 1. The first-order valence-electron chi connectivity index (χ1n) is 22.5. The average Bonchev–Trinajstić information content (AvgIpc) is 3.25. The lowest BCUT2D eigenvalue weighted by atomic mass is 9.85. The minimum atomic E-state index is -5.15. The zero-order valence-corrected chi connectivity index (χ0v) is 37.9. The Bertz CT molecular complexity index is 1420. The highest BCUT2D eigenvalue weighted by Crippen LogP contribution is 2.47. The van der Waals surface area contributed by atoms with Crippen LogP contribution in [0.5, 0.6) is 0 Å². The Kier molecular flexibility index (Phi) is 33.4. The number of hydrogen-bond acceptors (Lipinski definition) is 13. The van der Waals surface area contributed by atoms with Crippen molar-refractivity contribution in [2.24, 2.45) is 0 Å². The van der Waals surface area contributed by atoms with Crippen LogP contribution in [0.3, 0.4) is 0 Å². The molecule has 1 aliphatic carbocycles. The predicted molar refractivity (Wildman–Crippen MR) is 241 cm³/mol. The van der Waals surface area contributed by atoms with Crippen molar-refractivity contribution in [3.05, 3.63) is 85.1 Å². The summed E-state index contributed by atoms with van der Waals surface area (Å²) in [4.78, 5) is 35.6. The summed E-state index contributed by atoms with van der Waals surface area (Å²) in [6.45, 7) is 2.95. The van der Waals surface area contributed by atoms with E-state index in [1.807, 2.05) is 30.4 Å². The number of hydrogen-bond donors (Lipinski definition) is 7. The van der Waals surface area contributed by atoms with E-state index in [1.165, 1.54) is 0 Å². The Balaban J connectivity index is 2.54. The zero-order valence-electron chi connectivity index (χ0n) is 37.0. The summed E-state index contributed by atoms with van der Waals surface area (Å²) in [7, 11) is -5.15. The minimum absolute atomic E-state index is 0.0524. The maximum atomic E-state index is 12.8. The van der Waals surface area contributed by atoms with E-state index in [2.05, 4.69) is 68.5 Å². The topological polar surface area (TPSA) is 230 Å². The summed E-state index contributed by atoms with van der Waals surface area (Å²) in [6.07, 6.45) is 29.8. The Morgan fingerprint density at radius 3 is 1.65 bits per heavy atom. The second-order valence-corrected chi connectivity index (χ2v) is 16.7. The van der Waals surface area contributed by atoms with Gasteiger partial charge < -0.3 is 45.0 Å². The lowest BCUT2D eigenvalue weighted by Gasteiger charge is -2.41. The highest BCUT2D eigenvalue weighted by Gasteiger charge is 2.51. The molecule has 0 amide bonds. The summed E-state index contributed by atoms with van der Waals surface area (Å²) >= 11 is 0. The lowest BCUT2D eigenvalue weighted by molar-refractivity contribution is -0.220. The highest BCUT2D eigenvalue weighted by molar-refractivity contribution is 7.47. The molecule has 62 heavy (non-hydrogen) atoms. The summed E-state index contributed by atoms with van der Waals surface area (Å²) in [5.74, 6) is -1.22. The van der Waals surface area contributed by atoms with Gasteiger partial charge >= 0.3 is 19.8 Å². The van der Waals surface area contributed by atoms with E-state index >= 15 is 0 Å². The Morgan fingerprint density at radius 1 is 0.581 bits per heavy atom. The summed E-state index contributed by atoms with van der Waals surface area (Å²) in [5, 5.41) is 59.9. The number of phosphoric acid groups is 1. The maximum absolute atomic E-state index is 12.8. The molecule has 1 saturated carbocycles. The molecule has 0 saturated heterocycles. The average molecular weight is 897 g/mol. The molecule has 7 N–H and O–H groups in total. The van der Waals surface area contributed by atoms with E-state index < -0.39 is 75.7 Å². The quantitative estimate of drug-likeness (QED) is 0.0142. The van der Waals surface area contributed by atoms with Gasteiger partial charge in [0.05, 0.1) is 12.7 Å². The number of ether oxygens (including phenoxy) is 2. The number of unbranched alkanes of at least 4 members (excludes halogenated alkanes) is 7. The maximum Gasteiger partial charge on any atom is 0.472 e. The van der Waals surface area contributed by atoms with Crippen LogP contribution in [0.15, 0.2) is 85.1 Å². The third-order valence-electron chi connectivity index (χ3n) is 9.79. The van der Waals surface area contributed by atoms with Crippen molar-refractivity contribution in [1.82, 2.24) is 0 Å². The Hall–Kier alpha value is -3.01. The molecule has 1 rings (SSSR count). The van der Waals surface area contributed by atoms with Crippen LogP contribution >= 0.6 is 7.82 Å². The smallest absolute Gasteiger partial charge is 0.462 e. The van der Waals surface area contributed by atoms with Crippen LogP contribution < -0.4 is 0 Å². The van der Waals surface area contributed by atoms with Crippen molar-refractivity contribution >= 4 is 19.8 Å². The molecular weight excluding hydrogens is 819 g/mol. The molecule has 1 aliphatic rings. The number of carbonyl (C=O) groups is 2. The molecule has 0 aliphatic heterocycles. The molecule has 0 aromatic rings. The fraction of sp³-hybridized carbons (Fsp3) is 0.660. The van der Waals surface area contributed by atoms with Crippen LogP contribution in [0.25, 0.3) is 0 Å². The lowest BCUT2D eigenvalue weighted by Crippen LogP contribution is -2.64. The molecule has 0 aromatic heterocycles. The van der Waals surface area contributed by atoms with Gasteiger partial charge in [0.15, 0.2) is 6.10 Å². The number of carbonyl (C=O) groups excluding carboxylic acids is 2. The molecule has 9 atom stereocenters. The molecule has 14 nitrogen and oxygen atoms in total. The molecule has 1 fully saturated rings. The number of aliphatic hydroxyl groups excluding tert-OH is 6. The van der Waals surface area contributed by atoms with Crippen molar-refractivity contribution < 1.29 is 68.2 Å². The van der Waals surface area contributed by atoms with Crippen LogP contribution in [0, 0.1) is 0 Å². The van der Waals surface area contributed by atoms with Crippen molar-refractivity contribution in [3.63, 3.8) is 0 Å². The van der Waals surface area contributed by atoms with Gasteiger partial charge in [-0.2, -0.15) is 0 Å². The van der Waals surface area contributed by atoms with Crippen molar-refractivity contribution in [3.8, 4) is 0 Å². The zero-order chi connectivity index (χ0) is 45.9. The van der Waals surface area contributed by atoms with Gasteiger partial charge in [-0.25, -0.2) is 4.57 Å². The largest absolute Gasteiger partial charge is 0.472 e. The fourth-order valence-corrected chi connectivity index (χ4v) is 7.11. The van der Waals surface area contributed by atoms with Gasteiger partial charge in [0, 0.05) is 12.8 Å². The van der Waals surface area contributed by atoms with Gasteiger partial charge in [0.25, 0.3) is 0 Å². The standard InChI is InChI=1S/C47H77O14P/c1-3-5-7-8-9-10-11-12-13-14-19-22-25-28-31-35-41(50)60-39(37-59-62(56,57)61-47-45(54)43(52)42(51)44(53)46(47)55)36-58-40(49)34-30-27-24-21-18-16-15-17-20-23-26-29-33-38(48)32-6-4-2/h5,7,9-10,12-13,15-16,20-21,23-24,29,33,38-39,42-48,51-55H,3-4,6,8,11,14,17-19,22,25-28,30-32,34-37H2,1-2H3,(H,56,57)/b7-5-,10-9-,13-12-,16-15-,23-20-,24-21-,33-29-/t38-,39+,42?,43-,44+,45+,46+,47?/m0/s1. The van der Waals surface area contributed by atoms with Crippen LogP contribution in [-0.4, -0.2) is 110 Å². The monoisotopic (exact) mass is 897 g/mol. The summed E-state index contributed by atoms with van der Waals surface area (Å²) < 4.78 is 33.4. The second-order valence-electron chi connectivity index (χ2n) is 15.3. The van der Waals surface area contributed by atoms with Gasteiger partial charge in [-0.1, -0.05) is 131 Å². The normalized spacial score (nSPS) is 23.2. The van der Waals surface area contributed by atoms with E-state index in [9.17, 15) is 49.7 Å². The van der Waals surface area contributed by atoms with E-state index in [0.29, 0.717) is 19.3 Å². The first-order valence-corrected chi connectivity index (χ1v) is 24.0. The molecule has 354 valence electrons. The molecule has 3 unspecified atom stereocenters. The van der Waals surface area contributed by atoms with Crippen LogP contribution in [0.2, 0.25) is 0 Å². The molecule has 15 heteroatoms. The fourth-order valence-electron chi connectivity index (χ4n) is 6.13. The van der Waals surface area contributed by atoms with Crippen LogP contribution in [0.1, 0.15) is 136 Å².